The van der Waals surface area contributed by atoms with Gasteiger partial charge in [0.1, 0.15) is 6.61 Å². The highest BCUT2D eigenvalue weighted by Gasteiger charge is 2.31. The van der Waals surface area contributed by atoms with Crippen molar-refractivity contribution < 1.29 is 38.2 Å². The molecule has 0 spiro atoms. The van der Waals surface area contributed by atoms with E-state index in [0.717, 1.165) is 19.3 Å². The van der Waals surface area contributed by atoms with Gasteiger partial charge in [0.2, 0.25) is 0 Å². The summed E-state index contributed by atoms with van der Waals surface area (Å²) in [6.45, 7) is 3.78. The highest BCUT2D eigenvalue weighted by molar-refractivity contribution is 5.72. The molecular formula is C38H74NO7+. The van der Waals surface area contributed by atoms with Crippen LogP contribution in [0.1, 0.15) is 174 Å². The fraction of sp³-hybridized carbons (Fsp3) is 0.921. The van der Waals surface area contributed by atoms with Crippen molar-refractivity contribution in [1.29, 1.82) is 0 Å². The number of esters is 2. The lowest BCUT2D eigenvalue weighted by molar-refractivity contribution is -0.887. The van der Waals surface area contributed by atoms with E-state index in [1.807, 2.05) is 21.1 Å². The number of carbonyl (C=O) groups excluding carboxylic acids is 2. The normalized spacial score (nSPS) is 13.0. The number of likely N-dealkylation sites (N-methyl/N-ethyl adjacent to an activating group) is 1. The van der Waals surface area contributed by atoms with Gasteiger partial charge in [-0.1, -0.05) is 148 Å². The average molecular weight is 657 g/mol. The molecule has 0 rings (SSSR count). The molecular weight excluding hydrogens is 582 g/mol. The number of hydrogen-bond acceptors (Lipinski definition) is 6. The fourth-order valence-corrected chi connectivity index (χ4v) is 5.88. The molecule has 2 unspecified atom stereocenters. The summed E-state index contributed by atoms with van der Waals surface area (Å²) in [7, 11) is 5.48. The molecule has 8 heteroatoms. The lowest BCUT2D eigenvalue weighted by Gasteiger charge is -2.31. The molecule has 1 N–H and O–H groups in total. The summed E-state index contributed by atoms with van der Waals surface area (Å²) in [6, 6.07) is -0.603. The Morgan fingerprint density at radius 2 is 1.00 bits per heavy atom. The van der Waals surface area contributed by atoms with E-state index in [0.29, 0.717) is 12.8 Å². The third-order valence-corrected chi connectivity index (χ3v) is 8.81. The zero-order valence-corrected chi connectivity index (χ0v) is 30.8. The van der Waals surface area contributed by atoms with E-state index in [1.165, 1.54) is 135 Å². The maximum Gasteiger partial charge on any atom is 0.362 e. The van der Waals surface area contributed by atoms with Crippen molar-refractivity contribution in [3.8, 4) is 0 Å². The molecule has 0 aromatic carbocycles. The van der Waals surface area contributed by atoms with Crippen LogP contribution in [0.15, 0.2) is 0 Å². The quantitative estimate of drug-likeness (QED) is 0.0418. The van der Waals surface area contributed by atoms with E-state index in [2.05, 4.69) is 6.92 Å². The number of nitrogens with zero attached hydrogens (tertiary/aromatic N) is 1. The summed E-state index contributed by atoms with van der Waals surface area (Å²) in [5.41, 5.74) is 0. The van der Waals surface area contributed by atoms with Gasteiger partial charge in [-0.2, -0.15) is 0 Å². The zero-order valence-electron chi connectivity index (χ0n) is 30.8. The minimum atomic E-state index is -0.880. The Balaban J connectivity index is 3.71. The minimum Gasteiger partial charge on any atom is -0.477 e. The number of unbranched alkanes of at least 4 members (excludes halogenated alkanes) is 22. The van der Waals surface area contributed by atoms with Crippen LogP contribution < -0.4 is 0 Å². The van der Waals surface area contributed by atoms with Gasteiger partial charge in [0.15, 0.2) is 12.1 Å². The SMILES string of the molecule is CCCCCCCCCCCCCCCCCCCCCCCCCC(=O)OC(COCCC(C(=O)O)[N+](C)(C)C)COC(C)=O. The van der Waals surface area contributed by atoms with Crippen molar-refractivity contribution in [2.75, 3.05) is 41.0 Å². The molecule has 0 aliphatic heterocycles. The molecule has 0 saturated carbocycles. The molecule has 0 saturated heterocycles. The second-order valence-corrected chi connectivity index (χ2v) is 14.3. The van der Waals surface area contributed by atoms with Crippen molar-refractivity contribution in [2.45, 2.75) is 187 Å². The second kappa shape index (κ2) is 30.7. The van der Waals surface area contributed by atoms with Crippen LogP contribution in [0.4, 0.5) is 0 Å². The van der Waals surface area contributed by atoms with Crippen molar-refractivity contribution in [3.05, 3.63) is 0 Å². The Morgan fingerprint density at radius 1 is 0.609 bits per heavy atom. The number of ether oxygens (including phenoxy) is 3. The summed E-state index contributed by atoms with van der Waals surface area (Å²) >= 11 is 0. The van der Waals surface area contributed by atoms with Gasteiger partial charge in [0.25, 0.3) is 0 Å². The molecule has 0 heterocycles. The van der Waals surface area contributed by atoms with Gasteiger partial charge in [-0.05, 0) is 6.42 Å². The number of hydrogen-bond donors (Lipinski definition) is 1. The summed E-state index contributed by atoms with van der Waals surface area (Å²) in [5, 5.41) is 9.45. The molecule has 8 nitrogen and oxygen atoms in total. The van der Waals surface area contributed by atoms with E-state index >= 15 is 0 Å². The number of carboxylic acids is 1. The number of carboxylic acid groups (broad SMARTS) is 1. The van der Waals surface area contributed by atoms with Gasteiger partial charge in [-0.25, -0.2) is 4.79 Å². The van der Waals surface area contributed by atoms with Crippen LogP contribution in [0.5, 0.6) is 0 Å². The maximum atomic E-state index is 12.4. The van der Waals surface area contributed by atoms with Crippen LogP contribution in [-0.4, -0.2) is 80.6 Å². The van der Waals surface area contributed by atoms with Crippen LogP contribution in [0, 0.1) is 0 Å². The monoisotopic (exact) mass is 657 g/mol. The van der Waals surface area contributed by atoms with Gasteiger partial charge in [0.05, 0.1) is 34.4 Å². The second-order valence-electron chi connectivity index (χ2n) is 14.3. The number of carbonyl (C=O) groups is 3. The molecule has 46 heavy (non-hydrogen) atoms. The van der Waals surface area contributed by atoms with Crippen molar-refractivity contribution >= 4 is 17.9 Å². The van der Waals surface area contributed by atoms with Crippen LogP contribution in [0.25, 0.3) is 0 Å². The summed E-state index contributed by atoms with van der Waals surface area (Å²) in [4.78, 5) is 35.2. The van der Waals surface area contributed by atoms with Crippen molar-refractivity contribution in [3.63, 3.8) is 0 Å². The van der Waals surface area contributed by atoms with Gasteiger partial charge in [-0.3, -0.25) is 9.59 Å². The molecule has 0 aliphatic carbocycles. The topological polar surface area (TPSA) is 99.1 Å². The molecule has 0 aromatic heterocycles. The van der Waals surface area contributed by atoms with Crippen LogP contribution in [0.3, 0.4) is 0 Å². The van der Waals surface area contributed by atoms with E-state index in [1.54, 1.807) is 0 Å². The van der Waals surface area contributed by atoms with Gasteiger partial charge < -0.3 is 23.8 Å². The van der Waals surface area contributed by atoms with Crippen LogP contribution in [0.2, 0.25) is 0 Å². The molecule has 0 amide bonds. The lowest BCUT2D eigenvalue weighted by Crippen LogP contribution is -2.50. The molecule has 0 bridgehead atoms. The van der Waals surface area contributed by atoms with E-state index in [-0.39, 0.29) is 30.3 Å². The highest BCUT2D eigenvalue weighted by atomic mass is 16.6. The fourth-order valence-electron chi connectivity index (χ4n) is 5.88. The van der Waals surface area contributed by atoms with E-state index in [9.17, 15) is 19.5 Å². The van der Waals surface area contributed by atoms with Gasteiger partial charge in [0, 0.05) is 19.8 Å². The van der Waals surface area contributed by atoms with Crippen molar-refractivity contribution in [1.82, 2.24) is 0 Å². The zero-order chi connectivity index (χ0) is 34.3. The highest BCUT2D eigenvalue weighted by Crippen LogP contribution is 2.16. The van der Waals surface area contributed by atoms with Gasteiger partial charge in [-0.15, -0.1) is 0 Å². The summed E-state index contributed by atoms with van der Waals surface area (Å²) in [5.74, 6) is -1.65. The molecule has 0 aliphatic rings. The standard InChI is InChI=1S/C38H73NO7/c1-6-7-8-9-10-11-12-13-14-15-16-17-18-19-20-21-22-23-24-25-26-27-28-29-37(41)46-35(33-45-34(2)40)32-44-31-30-36(38(42)43)39(3,4)5/h35-36H,6-33H2,1-5H3/p+1. The van der Waals surface area contributed by atoms with E-state index < -0.39 is 24.1 Å². The Bertz CT molecular complexity index is 737. The molecule has 272 valence electrons. The first-order chi connectivity index (χ1) is 22.1. The first-order valence-corrected chi connectivity index (χ1v) is 19.0. The Hall–Kier alpha value is -1.67. The van der Waals surface area contributed by atoms with Gasteiger partial charge >= 0.3 is 17.9 Å². The summed E-state index contributed by atoms with van der Waals surface area (Å²) in [6.07, 6.45) is 30.6. The molecule has 0 fully saturated rings. The third-order valence-electron chi connectivity index (χ3n) is 8.81. The Labute approximate surface area is 283 Å². The molecule has 2 atom stereocenters. The predicted octanol–water partition coefficient (Wildman–Crippen LogP) is 9.41. The van der Waals surface area contributed by atoms with Crippen LogP contribution >= 0.6 is 0 Å². The first kappa shape index (κ1) is 44.3. The lowest BCUT2D eigenvalue weighted by atomic mass is 10.0. The largest absolute Gasteiger partial charge is 0.477 e. The van der Waals surface area contributed by atoms with Crippen molar-refractivity contribution in [2.24, 2.45) is 0 Å². The molecule has 0 aromatic rings. The number of aliphatic carboxylic acids is 1. The smallest absolute Gasteiger partial charge is 0.362 e. The summed E-state index contributed by atoms with van der Waals surface area (Å²) < 4.78 is 16.4. The Kier molecular flexibility index (Phi) is 29.5. The van der Waals surface area contributed by atoms with E-state index in [4.69, 9.17) is 14.2 Å². The number of rotatable bonds is 34. The maximum absolute atomic E-state index is 12.4. The molecule has 0 radical (unpaired) electrons. The Morgan fingerprint density at radius 3 is 1.35 bits per heavy atom. The third kappa shape index (κ3) is 29.7. The predicted molar refractivity (Wildman–Crippen MR) is 188 cm³/mol. The number of quaternary nitrogens is 1. The van der Waals surface area contributed by atoms with Crippen LogP contribution in [-0.2, 0) is 28.6 Å². The minimum absolute atomic E-state index is 0.0574. The average Bonchev–Trinajstić information content (AvgIpc) is 2.99. The first-order valence-electron chi connectivity index (χ1n) is 19.0.